The van der Waals surface area contributed by atoms with Crippen LogP contribution in [0.1, 0.15) is 90.8 Å². The van der Waals surface area contributed by atoms with Crippen molar-refractivity contribution in [2.24, 2.45) is 52.3 Å². The van der Waals surface area contributed by atoms with Crippen LogP contribution in [0, 0.1) is 52.3 Å². The zero-order valence-corrected chi connectivity index (χ0v) is 21.0. The average molecular weight is 443 g/mol. The Hall–Kier alpha value is -0.870. The first-order chi connectivity index (χ1) is 15.2. The number of aromatic amines is 1. The van der Waals surface area contributed by atoms with Gasteiger partial charge in [0.1, 0.15) is 0 Å². The third kappa shape index (κ3) is 3.34. The minimum Gasteiger partial charge on any atom is -0.390 e. The normalized spacial score (nSPS) is 46.3. The summed E-state index contributed by atoms with van der Waals surface area (Å²) >= 11 is 0. The summed E-state index contributed by atoms with van der Waals surface area (Å²) in [6.07, 6.45) is 11.7. The van der Waals surface area contributed by atoms with Crippen LogP contribution < -0.4 is 0 Å². The molecule has 1 heterocycles. The molecule has 3 fully saturated rings. The molecule has 1 unspecified atom stereocenters. The number of rotatable bonds is 5. The molecule has 1 aromatic rings. The van der Waals surface area contributed by atoms with Crippen LogP contribution in [-0.4, -0.2) is 32.6 Å². The fourth-order valence-electron chi connectivity index (χ4n) is 9.51. The Labute approximate surface area is 195 Å². The van der Waals surface area contributed by atoms with Crippen LogP contribution in [0.5, 0.6) is 0 Å². The lowest BCUT2D eigenvalue weighted by Gasteiger charge is -2.63. The van der Waals surface area contributed by atoms with Crippen LogP contribution in [0.3, 0.4) is 0 Å². The maximum absolute atomic E-state index is 11.5. The van der Waals surface area contributed by atoms with Gasteiger partial charge >= 0.3 is 0 Å². The molecular formula is C28H46N2O2. The largest absolute Gasteiger partial charge is 0.390 e. The van der Waals surface area contributed by atoms with Gasteiger partial charge in [-0.15, -0.1) is 0 Å². The number of nitrogens with zero attached hydrogens (tertiary/aromatic N) is 1. The van der Waals surface area contributed by atoms with Crippen molar-refractivity contribution >= 4 is 0 Å². The third-order valence-corrected chi connectivity index (χ3v) is 11.2. The van der Waals surface area contributed by atoms with Crippen molar-refractivity contribution in [1.82, 2.24) is 10.2 Å². The Morgan fingerprint density at radius 2 is 1.75 bits per heavy atom. The fourth-order valence-corrected chi connectivity index (χ4v) is 9.51. The van der Waals surface area contributed by atoms with E-state index >= 15 is 0 Å². The summed E-state index contributed by atoms with van der Waals surface area (Å²) in [5.74, 6) is 3.74. The monoisotopic (exact) mass is 442 g/mol. The van der Waals surface area contributed by atoms with E-state index in [1.54, 1.807) is 0 Å². The average Bonchev–Trinajstić information content (AvgIpc) is 3.33. The van der Waals surface area contributed by atoms with Crippen LogP contribution in [0.15, 0.2) is 6.20 Å². The number of H-pyrrole nitrogens is 1. The molecule has 4 heteroatoms. The molecule has 0 saturated heterocycles. The molecule has 3 saturated carbocycles. The van der Waals surface area contributed by atoms with E-state index in [0.717, 1.165) is 30.6 Å². The highest BCUT2D eigenvalue weighted by atomic mass is 16.3. The molecule has 0 bridgehead atoms. The Morgan fingerprint density at radius 1 is 1.00 bits per heavy atom. The number of aliphatic hydroxyl groups is 2. The van der Waals surface area contributed by atoms with Crippen LogP contribution in [-0.2, 0) is 12.8 Å². The molecule has 0 spiro atoms. The van der Waals surface area contributed by atoms with Gasteiger partial charge in [0.15, 0.2) is 0 Å². The molecule has 0 aliphatic heterocycles. The summed E-state index contributed by atoms with van der Waals surface area (Å²) < 4.78 is 0. The van der Waals surface area contributed by atoms with E-state index in [2.05, 4.69) is 44.8 Å². The van der Waals surface area contributed by atoms with Gasteiger partial charge in [-0.2, -0.15) is 5.10 Å². The predicted molar refractivity (Wildman–Crippen MR) is 128 cm³/mol. The molecule has 5 rings (SSSR count). The minimum absolute atomic E-state index is 0.0580. The first-order valence-corrected chi connectivity index (χ1v) is 13.5. The maximum Gasteiger partial charge on any atom is 0.0839 e. The quantitative estimate of drug-likeness (QED) is 0.573. The van der Waals surface area contributed by atoms with Crippen LogP contribution >= 0.6 is 0 Å². The van der Waals surface area contributed by atoms with Crippen LogP contribution in [0.4, 0.5) is 0 Å². The number of aromatic nitrogens is 2. The number of hydrogen-bond acceptors (Lipinski definition) is 3. The summed E-state index contributed by atoms with van der Waals surface area (Å²) in [7, 11) is 0. The molecule has 0 amide bonds. The maximum atomic E-state index is 11.5. The summed E-state index contributed by atoms with van der Waals surface area (Å²) in [5.41, 5.74) is 2.89. The van der Waals surface area contributed by atoms with Crippen LogP contribution in [0.25, 0.3) is 0 Å². The van der Waals surface area contributed by atoms with E-state index < -0.39 is 12.2 Å². The van der Waals surface area contributed by atoms with Gasteiger partial charge < -0.3 is 10.2 Å². The Kier molecular flexibility index (Phi) is 5.81. The molecule has 1 aromatic heterocycles. The van der Waals surface area contributed by atoms with E-state index in [4.69, 9.17) is 0 Å². The lowest BCUT2D eigenvalue weighted by atomic mass is 9.43. The first-order valence-electron chi connectivity index (χ1n) is 13.5. The SMILES string of the molecule is CC(C)CCC[C@@H](C)[C@H]1CC[C@H]2[C@H]3C(CC[C@]12C)[C@@]1(C)Cc2cn[nH]c2C[C@@H]1[C@@H](O)[C@@H]3O. The van der Waals surface area contributed by atoms with Gasteiger partial charge in [0, 0.05) is 5.69 Å². The number of nitrogens with one attached hydrogen (secondary N) is 1. The molecule has 180 valence electrons. The molecule has 3 N–H and O–H groups in total. The Bertz CT molecular complexity index is 820. The van der Waals surface area contributed by atoms with Gasteiger partial charge in [0.25, 0.3) is 0 Å². The Balaban J connectivity index is 1.40. The van der Waals surface area contributed by atoms with Gasteiger partial charge in [-0.25, -0.2) is 0 Å². The second-order valence-electron chi connectivity index (χ2n) is 13.2. The molecule has 0 aromatic carbocycles. The van der Waals surface area contributed by atoms with Crippen LogP contribution in [0.2, 0.25) is 0 Å². The number of hydrogen-bond donors (Lipinski definition) is 3. The lowest BCUT2D eigenvalue weighted by molar-refractivity contribution is -0.207. The fraction of sp³-hybridized carbons (Fsp3) is 0.893. The van der Waals surface area contributed by atoms with Gasteiger partial charge in [-0.1, -0.05) is 53.9 Å². The number of fused-ring (bicyclic) bond motifs is 6. The second kappa shape index (κ2) is 8.12. The van der Waals surface area contributed by atoms with Gasteiger partial charge in [0.05, 0.1) is 18.4 Å². The zero-order valence-electron chi connectivity index (χ0n) is 21.0. The molecule has 4 aliphatic carbocycles. The van der Waals surface area contributed by atoms with Crippen molar-refractivity contribution < 1.29 is 10.2 Å². The highest BCUT2D eigenvalue weighted by molar-refractivity contribution is 5.27. The third-order valence-electron chi connectivity index (χ3n) is 11.2. The van der Waals surface area contributed by atoms with Gasteiger partial charge in [0.2, 0.25) is 0 Å². The highest BCUT2D eigenvalue weighted by Gasteiger charge is 2.65. The molecule has 4 aliphatic rings. The van der Waals surface area contributed by atoms with Crippen molar-refractivity contribution in [1.29, 1.82) is 0 Å². The van der Waals surface area contributed by atoms with E-state index in [9.17, 15) is 10.2 Å². The summed E-state index contributed by atoms with van der Waals surface area (Å²) in [4.78, 5) is 0. The summed E-state index contributed by atoms with van der Waals surface area (Å²) in [6, 6.07) is 0. The van der Waals surface area contributed by atoms with E-state index in [1.165, 1.54) is 56.2 Å². The molecular weight excluding hydrogens is 396 g/mol. The van der Waals surface area contributed by atoms with E-state index in [1.807, 2.05) is 6.20 Å². The lowest BCUT2D eigenvalue weighted by Crippen LogP contribution is -2.64. The zero-order chi connectivity index (χ0) is 22.8. The number of aliphatic hydroxyl groups excluding tert-OH is 2. The molecule has 0 radical (unpaired) electrons. The van der Waals surface area contributed by atoms with Gasteiger partial charge in [-0.3, -0.25) is 5.10 Å². The molecule has 32 heavy (non-hydrogen) atoms. The van der Waals surface area contributed by atoms with Crippen molar-refractivity contribution in [3.63, 3.8) is 0 Å². The highest BCUT2D eigenvalue weighted by Crippen LogP contribution is 2.67. The van der Waals surface area contributed by atoms with Crippen molar-refractivity contribution in [2.45, 2.75) is 105 Å². The minimum atomic E-state index is -0.623. The first kappa shape index (κ1) is 22.9. The topological polar surface area (TPSA) is 69.1 Å². The van der Waals surface area contributed by atoms with E-state index in [0.29, 0.717) is 17.3 Å². The van der Waals surface area contributed by atoms with Crippen molar-refractivity contribution in [2.75, 3.05) is 0 Å². The van der Waals surface area contributed by atoms with Crippen molar-refractivity contribution in [3.8, 4) is 0 Å². The second-order valence-corrected chi connectivity index (χ2v) is 13.2. The molecule has 4 nitrogen and oxygen atoms in total. The summed E-state index contributed by atoms with van der Waals surface area (Å²) in [6.45, 7) is 12.1. The smallest absolute Gasteiger partial charge is 0.0839 e. The predicted octanol–water partition coefficient (Wildman–Crippen LogP) is 5.39. The standard InChI is InChI=1S/C28H46N2O2/c1-16(2)7-6-8-17(3)19-9-10-20-24-21(11-12-27(19,20)4)28(5)14-18-15-29-30-23(18)13-22(28)25(31)26(24)32/h15-17,19-22,24-26,31-32H,6-14H2,1-5H3,(H,29,30)/t17-,19-,20+,21?,22-,24+,25-,26-,27-,28-/m1/s1. The van der Waals surface area contributed by atoms with Gasteiger partial charge in [-0.05, 0) is 96.3 Å². The molecule has 10 atom stereocenters. The Morgan fingerprint density at radius 3 is 2.50 bits per heavy atom. The van der Waals surface area contributed by atoms with Crippen molar-refractivity contribution in [3.05, 3.63) is 17.5 Å². The summed E-state index contributed by atoms with van der Waals surface area (Å²) in [5, 5.41) is 30.4. The van der Waals surface area contributed by atoms with E-state index in [-0.39, 0.29) is 17.3 Å².